The number of hydrogen-bond donors (Lipinski definition) is 0. The van der Waals surface area contributed by atoms with Crippen LogP contribution in [0.25, 0.3) is 0 Å². The van der Waals surface area contributed by atoms with Gasteiger partial charge in [-0.05, 0) is 12.1 Å². The van der Waals surface area contributed by atoms with E-state index in [9.17, 15) is 0 Å². The van der Waals surface area contributed by atoms with E-state index in [0.717, 1.165) is 5.69 Å². The topological polar surface area (TPSA) is 42.1 Å². The Hall–Kier alpha value is -1.71. The van der Waals surface area contributed by atoms with Gasteiger partial charge in [-0.2, -0.15) is 0 Å². The number of hydrogen-bond acceptors (Lipinski definition) is 4. The Kier molecular flexibility index (Phi) is 1.37. The third-order valence-corrected chi connectivity index (χ3v) is 1.34. The van der Waals surface area contributed by atoms with Crippen molar-refractivity contribution in [2.45, 2.75) is 0 Å². The lowest BCUT2D eigenvalue weighted by Gasteiger charge is -1.93. The summed E-state index contributed by atoms with van der Waals surface area (Å²) in [5.41, 5.74) is 0.921. The van der Waals surface area contributed by atoms with E-state index in [-0.39, 0.29) is 0 Å². The third kappa shape index (κ3) is 1.10. The Labute approximate surface area is 63.8 Å². The average Bonchev–Trinajstić information content (AvgIpc) is 2.58. The van der Waals surface area contributed by atoms with Crippen LogP contribution in [0.4, 0.5) is 5.69 Å². The van der Waals surface area contributed by atoms with Gasteiger partial charge in [-0.3, -0.25) is 0 Å². The predicted octanol–water partition coefficient (Wildman–Crippen LogP) is 1.15. The fraction of sp³-hybridized carbons (Fsp3) is 0. The third-order valence-electron chi connectivity index (χ3n) is 1.34. The lowest BCUT2D eigenvalue weighted by atomic mass is 10.3. The molecule has 1 aliphatic heterocycles. The van der Waals surface area contributed by atoms with Crippen molar-refractivity contribution in [2.75, 3.05) is 5.12 Å². The summed E-state index contributed by atoms with van der Waals surface area (Å²) in [5, 5.41) is 12.7. The van der Waals surface area contributed by atoms with E-state index in [1.165, 1.54) is 11.5 Å². The molecule has 0 spiro atoms. The van der Waals surface area contributed by atoms with Gasteiger partial charge in [0.15, 0.2) is 5.22 Å². The van der Waals surface area contributed by atoms with Crippen LogP contribution in [0.2, 0.25) is 0 Å². The summed E-state index contributed by atoms with van der Waals surface area (Å²) in [5.74, 6) is 0. The first-order valence-electron chi connectivity index (χ1n) is 3.25. The molecule has 0 unspecified atom stereocenters. The van der Waals surface area contributed by atoms with E-state index in [1.807, 2.05) is 30.3 Å². The second kappa shape index (κ2) is 2.49. The highest BCUT2D eigenvalue weighted by Crippen LogP contribution is 2.11. The van der Waals surface area contributed by atoms with Gasteiger partial charge in [-0.15, -0.1) is 0 Å². The molecule has 1 aromatic rings. The van der Waals surface area contributed by atoms with Gasteiger partial charge in [0.05, 0.1) is 10.2 Å². The molecule has 2 rings (SSSR count). The monoisotopic (exact) mass is 146 g/mol. The molecule has 0 fully saturated rings. The lowest BCUT2D eigenvalue weighted by molar-refractivity contribution is 0.821. The zero-order valence-electron chi connectivity index (χ0n) is 5.75. The van der Waals surface area contributed by atoms with Gasteiger partial charge in [0, 0.05) is 5.11 Å². The van der Waals surface area contributed by atoms with Crippen molar-refractivity contribution in [1.29, 1.82) is 0 Å². The number of hydrazone groups is 1. The fourth-order valence-corrected chi connectivity index (χ4v) is 0.847. The zero-order valence-corrected chi connectivity index (χ0v) is 5.75. The molecule has 0 aromatic heterocycles. The van der Waals surface area contributed by atoms with E-state index in [1.54, 1.807) is 0 Å². The van der Waals surface area contributed by atoms with Crippen molar-refractivity contribution in [3.8, 4) is 0 Å². The molecule has 0 atom stereocenters. The first-order valence-corrected chi connectivity index (χ1v) is 3.25. The summed E-state index contributed by atoms with van der Waals surface area (Å²) in [6.07, 6.45) is 1.41. The summed E-state index contributed by atoms with van der Waals surface area (Å²) in [7, 11) is 0. The summed E-state index contributed by atoms with van der Waals surface area (Å²) in [4.78, 5) is 0. The Morgan fingerprint density at radius 3 is 2.64 bits per heavy atom. The maximum Gasteiger partial charge on any atom is 0.302 e. The number of nitrogens with zero attached hydrogens (tertiary/aromatic N) is 4. The summed E-state index contributed by atoms with van der Waals surface area (Å²) < 4.78 is 0. The van der Waals surface area contributed by atoms with E-state index >= 15 is 0 Å². The van der Waals surface area contributed by atoms with Crippen molar-refractivity contribution in [3.05, 3.63) is 30.3 Å². The van der Waals surface area contributed by atoms with E-state index in [4.69, 9.17) is 0 Å². The highest BCUT2D eigenvalue weighted by atomic mass is 15.7. The molecule has 0 N–H and O–H groups in total. The Bertz CT molecular complexity index is 279. The molecule has 1 radical (unpaired) electrons. The Morgan fingerprint density at radius 2 is 2.00 bits per heavy atom. The summed E-state index contributed by atoms with van der Waals surface area (Å²) in [6, 6.07) is 9.64. The van der Waals surface area contributed by atoms with Crippen molar-refractivity contribution in [3.63, 3.8) is 0 Å². The maximum absolute atomic E-state index is 3.88. The van der Waals surface area contributed by atoms with E-state index < -0.39 is 0 Å². The normalized spacial score (nSPS) is 14.4. The molecule has 53 valence electrons. The van der Waals surface area contributed by atoms with Crippen LogP contribution in [-0.2, 0) is 0 Å². The largest absolute Gasteiger partial charge is 0.302 e. The van der Waals surface area contributed by atoms with Crippen LogP contribution in [0, 0.1) is 0 Å². The molecule has 0 aliphatic carbocycles. The molecular weight excluding hydrogens is 140 g/mol. The molecule has 0 saturated carbocycles. The fourth-order valence-electron chi connectivity index (χ4n) is 0.847. The lowest BCUT2D eigenvalue weighted by Crippen LogP contribution is -2.12. The molecule has 0 amide bonds. The molecule has 0 bridgehead atoms. The minimum atomic E-state index is 0.921. The van der Waals surface area contributed by atoms with Crippen LogP contribution >= 0.6 is 0 Å². The van der Waals surface area contributed by atoms with Crippen LogP contribution in [0.3, 0.4) is 0 Å². The second-order valence-electron chi connectivity index (χ2n) is 2.06. The Morgan fingerprint density at radius 1 is 1.18 bits per heavy atom. The molecular formula is C7H6N4+. The van der Waals surface area contributed by atoms with Crippen LogP contribution in [0.1, 0.15) is 0 Å². The van der Waals surface area contributed by atoms with E-state index in [2.05, 4.69) is 15.4 Å². The highest BCUT2D eigenvalue weighted by molar-refractivity contribution is 5.59. The summed E-state index contributed by atoms with van der Waals surface area (Å²) >= 11 is 0. The van der Waals surface area contributed by atoms with Crippen molar-refractivity contribution < 1.29 is 0 Å². The van der Waals surface area contributed by atoms with Crippen LogP contribution in [0.15, 0.2) is 40.5 Å². The van der Waals surface area contributed by atoms with Crippen molar-refractivity contribution >= 4 is 12.0 Å². The number of para-hydroxylation sites is 1. The molecule has 1 aliphatic rings. The van der Waals surface area contributed by atoms with Gasteiger partial charge < -0.3 is 0 Å². The molecule has 0 saturated heterocycles. The zero-order chi connectivity index (χ0) is 7.52. The Balaban J connectivity index is 2.30. The minimum absolute atomic E-state index is 0.921. The molecule has 1 aromatic carbocycles. The number of benzene rings is 1. The van der Waals surface area contributed by atoms with Gasteiger partial charge in [0.25, 0.3) is 0 Å². The van der Waals surface area contributed by atoms with Gasteiger partial charge in [-0.1, -0.05) is 18.2 Å². The molecule has 1 heterocycles. The quantitative estimate of drug-likeness (QED) is 0.586. The smallest absolute Gasteiger partial charge is 0.0621 e. The first kappa shape index (κ1) is 6.03. The van der Waals surface area contributed by atoms with Crippen LogP contribution in [-0.4, -0.2) is 6.34 Å². The van der Waals surface area contributed by atoms with Gasteiger partial charge in [-0.25, -0.2) is 0 Å². The first-order chi connectivity index (χ1) is 5.47. The number of rotatable bonds is 1. The molecule has 4 heteroatoms. The second-order valence-corrected chi connectivity index (χ2v) is 2.06. The average molecular weight is 146 g/mol. The van der Waals surface area contributed by atoms with Crippen molar-refractivity contribution in [2.24, 2.45) is 10.2 Å². The van der Waals surface area contributed by atoms with Gasteiger partial charge >= 0.3 is 6.34 Å². The van der Waals surface area contributed by atoms with Gasteiger partial charge in [0.2, 0.25) is 0 Å². The van der Waals surface area contributed by atoms with Gasteiger partial charge in [0.1, 0.15) is 5.69 Å². The standard InChI is InChI=1S/C7H6N4/c1-2-4-7(5-3-1)11-9-6-8-10-11/h1-6H/q+1. The summed E-state index contributed by atoms with van der Waals surface area (Å²) in [6.45, 7) is 0. The maximum atomic E-state index is 3.88. The molecule has 11 heavy (non-hydrogen) atoms. The van der Waals surface area contributed by atoms with Crippen LogP contribution in [0.5, 0.6) is 0 Å². The number of anilines is 1. The van der Waals surface area contributed by atoms with Crippen LogP contribution < -0.4 is 10.3 Å². The van der Waals surface area contributed by atoms with Crippen molar-refractivity contribution in [1.82, 2.24) is 5.22 Å². The van der Waals surface area contributed by atoms with E-state index in [0.29, 0.717) is 0 Å². The minimum Gasteiger partial charge on any atom is -0.0621 e. The molecule has 4 nitrogen and oxygen atoms in total. The highest BCUT2D eigenvalue weighted by Gasteiger charge is 2.16. The predicted molar refractivity (Wildman–Crippen MR) is 42.0 cm³/mol. The SMILES string of the molecule is C1=NN(c2ccccc2)[N+]=N1.